The summed E-state index contributed by atoms with van der Waals surface area (Å²) in [5.74, 6) is 0. The van der Waals surface area contributed by atoms with Gasteiger partial charge in [-0.15, -0.1) is 4.91 Å². The lowest BCUT2D eigenvalue weighted by atomic mass is 10.0. The summed E-state index contributed by atoms with van der Waals surface area (Å²) in [5.41, 5.74) is 8.08. The quantitative estimate of drug-likeness (QED) is 0.203. The van der Waals surface area contributed by atoms with Gasteiger partial charge in [0.15, 0.2) is 0 Å². The van der Waals surface area contributed by atoms with E-state index in [0.29, 0.717) is 5.69 Å². The third kappa shape index (κ3) is 4.88. The standard InChI is InChI=1S/C35H27N3O/c1-37(30-19-17-29(36-39)18-20-30)31-21-23-32(24-22-31)38(35-16-8-12-27-11-5-6-15-34(27)35)33-14-7-13-28(25-33)26-9-3-2-4-10-26/h2-25H,1H3. The van der Waals surface area contributed by atoms with Gasteiger partial charge in [-0.25, -0.2) is 0 Å². The molecule has 0 saturated carbocycles. The molecule has 0 aliphatic rings. The zero-order valence-corrected chi connectivity index (χ0v) is 21.6. The van der Waals surface area contributed by atoms with Crippen molar-refractivity contribution >= 4 is 44.9 Å². The highest BCUT2D eigenvalue weighted by Gasteiger charge is 2.16. The topological polar surface area (TPSA) is 35.9 Å². The third-order valence-electron chi connectivity index (χ3n) is 7.06. The van der Waals surface area contributed by atoms with Gasteiger partial charge in [-0.1, -0.05) is 78.9 Å². The van der Waals surface area contributed by atoms with E-state index in [2.05, 4.69) is 130 Å². The molecule has 0 aromatic heterocycles. The molecule has 0 unspecified atom stereocenters. The van der Waals surface area contributed by atoms with Crippen LogP contribution < -0.4 is 9.80 Å². The average molecular weight is 506 g/mol. The Balaban J connectivity index is 1.44. The van der Waals surface area contributed by atoms with Gasteiger partial charge in [-0.3, -0.25) is 0 Å². The number of nitrogens with zero attached hydrogens (tertiary/aromatic N) is 3. The fourth-order valence-corrected chi connectivity index (χ4v) is 5.00. The van der Waals surface area contributed by atoms with Crippen molar-refractivity contribution < 1.29 is 0 Å². The number of hydrogen-bond acceptors (Lipinski definition) is 4. The molecule has 6 aromatic carbocycles. The van der Waals surface area contributed by atoms with Crippen molar-refractivity contribution in [1.29, 1.82) is 0 Å². The molecule has 0 amide bonds. The van der Waals surface area contributed by atoms with Crippen molar-refractivity contribution in [3.8, 4) is 11.1 Å². The number of nitroso groups, excluding NO2 is 1. The van der Waals surface area contributed by atoms with E-state index < -0.39 is 0 Å². The second kappa shape index (κ2) is 10.6. The van der Waals surface area contributed by atoms with Gasteiger partial charge in [0.1, 0.15) is 5.69 Å². The normalized spacial score (nSPS) is 10.8. The van der Waals surface area contributed by atoms with E-state index in [1.165, 1.54) is 21.9 Å². The first-order valence-electron chi connectivity index (χ1n) is 12.9. The van der Waals surface area contributed by atoms with Crippen molar-refractivity contribution in [1.82, 2.24) is 0 Å². The molecule has 0 N–H and O–H groups in total. The van der Waals surface area contributed by atoms with Gasteiger partial charge in [0, 0.05) is 35.2 Å². The minimum Gasteiger partial charge on any atom is -0.345 e. The maximum Gasteiger partial charge on any atom is 0.108 e. The van der Waals surface area contributed by atoms with Crippen molar-refractivity contribution in [2.24, 2.45) is 5.18 Å². The van der Waals surface area contributed by atoms with E-state index in [4.69, 9.17) is 0 Å². The molecular weight excluding hydrogens is 478 g/mol. The molecule has 0 aliphatic carbocycles. The Morgan fingerprint density at radius 1 is 0.513 bits per heavy atom. The smallest absolute Gasteiger partial charge is 0.108 e. The first-order chi connectivity index (χ1) is 19.2. The number of hydrogen-bond donors (Lipinski definition) is 0. The summed E-state index contributed by atoms with van der Waals surface area (Å²) in [6.07, 6.45) is 0. The fourth-order valence-electron chi connectivity index (χ4n) is 5.00. The molecule has 188 valence electrons. The number of anilines is 5. The molecule has 6 rings (SSSR count). The van der Waals surface area contributed by atoms with Gasteiger partial charge < -0.3 is 9.80 Å². The maximum absolute atomic E-state index is 10.8. The highest BCUT2D eigenvalue weighted by atomic mass is 16.3. The van der Waals surface area contributed by atoms with E-state index in [-0.39, 0.29) is 0 Å². The van der Waals surface area contributed by atoms with Crippen LogP contribution in [-0.4, -0.2) is 7.05 Å². The van der Waals surface area contributed by atoms with Crippen LogP contribution in [-0.2, 0) is 0 Å². The first-order valence-corrected chi connectivity index (χ1v) is 12.9. The summed E-state index contributed by atoms with van der Waals surface area (Å²) in [6, 6.07) is 50.0. The van der Waals surface area contributed by atoms with Crippen LogP contribution in [0.15, 0.2) is 151 Å². The summed E-state index contributed by atoms with van der Waals surface area (Å²) in [6.45, 7) is 0. The van der Waals surface area contributed by atoms with Crippen molar-refractivity contribution in [3.05, 3.63) is 150 Å². The van der Waals surface area contributed by atoms with Crippen LogP contribution in [0.5, 0.6) is 0 Å². The Morgan fingerprint density at radius 3 is 1.85 bits per heavy atom. The Hall–Kier alpha value is -5.22. The van der Waals surface area contributed by atoms with Crippen LogP contribution in [0.3, 0.4) is 0 Å². The highest BCUT2D eigenvalue weighted by Crippen LogP contribution is 2.40. The van der Waals surface area contributed by atoms with Crippen LogP contribution in [0.25, 0.3) is 21.9 Å². The highest BCUT2D eigenvalue weighted by molar-refractivity contribution is 5.99. The summed E-state index contributed by atoms with van der Waals surface area (Å²) in [4.78, 5) is 15.2. The van der Waals surface area contributed by atoms with Crippen molar-refractivity contribution in [2.75, 3.05) is 16.8 Å². The Kier molecular flexibility index (Phi) is 6.59. The number of rotatable bonds is 7. The maximum atomic E-state index is 10.8. The molecule has 0 spiro atoms. The predicted molar refractivity (Wildman–Crippen MR) is 164 cm³/mol. The summed E-state index contributed by atoms with van der Waals surface area (Å²) >= 11 is 0. The van der Waals surface area contributed by atoms with Crippen LogP contribution in [0.4, 0.5) is 34.1 Å². The predicted octanol–water partition coefficient (Wildman–Crippen LogP) is 10.1. The molecule has 0 saturated heterocycles. The monoisotopic (exact) mass is 505 g/mol. The van der Waals surface area contributed by atoms with Gasteiger partial charge in [-0.2, -0.15) is 0 Å². The lowest BCUT2D eigenvalue weighted by molar-refractivity contribution is 1.20. The van der Waals surface area contributed by atoms with Crippen LogP contribution >= 0.6 is 0 Å². The van der Waals surface area contributed by atoms with Gasteiger partial charge in [-0.05, 0) is 88.4 Å². The van der Waals surface area contributed by atoms with Gasteiger partial charge in [0.05, 0.1) is 5.69 Å². The number of fused-ring (bicyclic) bond motifs is 1. The van der Waals surface area contributed by atoms with Crippen molar-refractivity contribution in [2.45, 2.75) is 0 Å². The van der Waals surface area contributed by atoms with Crippen LogP contribution in [0.2, 0.25) is 0 Å². The van der Waals surface area contributed by atoms with Crippen molar-refractivity contribution in [3.63, 3.8) is 0 Å². The molecule has 0 bridgehead atoms. The average Bonchev–Trinajstić information content (AvgIpc) is 3.02. The largest absolute Gasteiger partial charge is 0.345 e. The molecule has 0 radical (unpaired) electrons. The lowest BCUT2D eigenvalue weighted by Gasteiger charge is -2.28. The molecule has 4 heteroatoms. The minimum absolute atomic E-state index is 0.422. The molecule has 4 nitrogen and oxygen atoms in total. The van der Waals surface area contributed by atoms with Gasteiger partial charge in [0.2, 0.25) is 0 Å². The van der Waals surface area contributed by atoms with Crippen LogP contribution in [0, 0.1) is 4.91 Å². The van der Waals surface area contributed by atoms with Gasteiger partial charge >= 0.3 is 0 Å². The third-order valence-corrected chi connectivity index (χ3v) is 7.06. The van der Waals surface area contributed by atoms with Gasteiger partial charge in [0.25, 0.3) is 0 Å². The Morgan fingerprint density at radius 2 is 1.10 bits per heavy atom. The molecule has 39 heavy (non-hydrogen) atoms. The Bertz CT molecular complexity index is 1720. The second-order valence-electron chi connectivity index (χ2n) is 9.43. The minimum atomic E-state index is 0.422. The zero-order valence-electron chi connectivity index (χ0n) is 21.6. The summed E-state index contributed by atoms with van der Waals surface area (Å²) < 4.78 is 0. The molecule has 0 fully saturated rings. The summed E-state index contributed by atoms with van der Waals surface area (Å²) in [5, 5.41) is 5.39. The van der Waals surface area contributed by atoms with E-state index in [1.54, 1.807) is 12.1 Å². The fraction of sp³-hybridized carbons (Fsp3) is 0.0286. The SMILES string of the molecule is CN(c1ccc(N=O)cc1)c1ccc(N(c2cccc(-c3ccccc3)c2)c2cccc3ccccc23)cc1. The van der Waals surface area contributed by atoms with E-state index in [1.807, 2.05) is 25.2 Å². The molecule has 0 heterocycles. The lowest BCUT2D eigenvalue weighted by Crippen LogP contribution is -2.12. The molecule has 0 aliphatic heterocycles. The van der Waals surface area contributed by atoms with E-state index in [9.17, 15) is 4.91 Å². The molecule has 0 atom stereocenters. The summed E-state index contributed by atoms with van der Waals surface area (Å²) in [7, 11) is 2.02. The second-order valence-corrected chi connectivity index (χ2v) is 9.43. The van der Waals surface area contributed by atoms with Crippen LogP contribution in [0.1, 0.15) is 0 Å². The zero-order chi connectivity index (χ0) is 26.6. The first kappa shape index (κ1) is 24.1. The van der Waals surface area contributed by atoms with E-state index in [0.717, 1.165) is 28.4 Å². The molecular formula is C35H27N3O. The number of benzene rings is 6. The Labute approximate surface area is 228 Å². The van der Waals surface area contributed by atoms with E-state index >= 15 is 0 Å². The molecule has 6 aromatic rings.